The number of halogens is 1. The fourth-order valence-electron chi connectivity index (χ4n) is 4.28. The fourth-order valence-corrected chi connectivity index (χ4v) is 4.46. The van der Waals surface area contributed by atoms with Gasteiger partial charge < -0.3 is 9.64 Å². The van der Waals surface area contributed by atoms with Gasteiger partial charge in [0.1, 0.15) is 0 Å². The maximum Gasteiger partial charge on any atom is 0.254 e. The van der Waals surface area contributed by atoms with Crippen LogP contribution in [0.3, 0.4) is 0 Å². The van der Waals surface area contributed by atoms with E-state index >= 15 is 0 Å². The Balaban J connectivity index is 1.83. The van der Waals surface area contributed by atoms with Gasteiger partial charge in [-0.2, -0.15) is 0 Å². The number of carbonyl (C=O) groups is 1. The minimum Gasteiger partial charge on any atom is -0.381 e. The maximum atomic E-state index is 12.9. The van der Waals surface area contributed by atoms with Gasteiger partial charge >= 0.3 is 0 Å². The van der Waals surface area contributed by atoms with E-state index in [1.54, 1.807) is 7.11 Å². The molecule has 2 fully saturated rings. The summed E-state index contributed by atoms with van der Waals surface area (Å²) in [5.41, 5.74) is 1.77. The molecule has 1 aliphatic heterocycles. The number of nitrogens with zero attached hydrogens (tertiary/aromatic N) is 1. The average Bonchev–Trinajstić information content (AvgIpc) is 2.91. The lowest BCUT2D eigenvalue weighted by Gasteiger charge is -2.43. The highest BCUT2D eigenvalue weighted by molar-refractivity contribution is 6.31. The van der Waals surface area contributed by atoms with Gasteiger partial charge in [-0.05, 0) is 50.3 Å². The largest absolute Gasteiger partial charge is 0.381 e. The zero-order chi connectivity index (χ0) is 15.7. The van der Waals surface area contributed by atoms with Gasteiger partial charge in [-0.25, -0.2) is 0 Å². The van der Waals surface area contributed by atoms with Crippen LogP contribution in [-0.4, -0.2) is 37.1 Å². The number of hydrogen-bond donors (Lipinski definition) is 0. The van der Waals surface area contributed by atoms with Crippen LogP contribution in [0.25, 0.3) is 0 Å². The molecule has 1 saturated heterocycles. The third kappa shape index (κ3) is 2.65. The van der Waals surface area contributed by atoms with Crippen molar-refractivity contribution in [2.75, 3.05) is 20.2 Å². The standard InChI is InChI=1S/C18H24ClNO2/c1-13-14(6-3-7-15(13)19)17(21)20-11-5-10-18(12-20)9-4-8-16(18)22-2/h3,6-7,16H,4-5,8-12H2,1-2H3/t16-,18-/m1/s1. The van der Waals surface area contributed by atoms with E-state index in [2.05, 4.69) is 0 Å². The summed E-state index contributed by atoms with van der Waals surface area (Å²) in [7, 11) is 1.81. The van der Waals surface area contributed by atoms with E-state index in [0.717, 1.165) is 37.1 Å². The number of carbonyl (C=O) groups excluding carboxylic acids is 1. The number of rotatable bonds is 2. The lowest BCUT2D eigenvalue weighted by atomic mass is 9.76. The highest BCUT2D eigenvalue weighted by Gasteiger charge is 2.46. The predicted octanol–water partition coefficient (Wildman–Crippen LogP) is 4.07. The Morgan fingerprint density at radius 2 is 2.14 bits per heavy atom. The molecule has 1 aromatic rings. The number of amides is 1. The first-order valence-electron chi connectivity index (χ1n) is 8.14. The minimum atomic E-state index is 0.112. The van der Waals surface area contributed by atoms with E-state index in [4.69, 9.17) is 16.3 Å². The summed E-state index contributed by atoms with van der Waals surface area (Å²) < 4.78 is 5.72. The predicted molar refractivity (Wildman–Crippen MR) is 88.4 cm³/mol. The van der Waals surface area contributed by atoms with E-state index in [9.17, 15) is 4.79 Å². The normalized spacial score (nSPS) is 28.3. The van der Waals surface area contributed by atoms with Gasteiger partial charge in [0.2, 0.25) is 0 Å². The molecule has 1 aliphatic carbocycles. The molecule has 0 aromatic heterocycles. The number of benzene rings is 1. The van der Waals surface area contributed by atoms with Crippen LogP contribution in [0.4, 0.5) is 0 Å². The number of piperidine rings is 1. The highest BCUT2D eigenvalue weighted by atomic mass is 35.5. The van der Waals surface area contributed by atoms with E-state index in [0.29, 0.717) is 11.1 Å². The van der Waals surface area contributed by atoms with Crippen molar-refractivity contribution in [1.82, 2.24) is 4.90 Å². The van der Waals surface area contributed by atoms with Crippen LogP contribution < -0.4 is 0 Å². The Kier molecular flexibility index (Phi) is 4.47. The Labute approximate surface area is 137 Å². The number of ether oxygens (including phenoxy) is 1. The van der Waals surface area contributed by atoms with Gasteiger partial charge in [0.25, 0.3) is 5.91 Å². The highest BCUT2D eigenvalue weighted by Crippen LogP contribution is 2.46. The van der Waals surface area contributed by atoms with Gasteiger partial charge in [-0.3, -0.25) is 4.79 Å². The smallest absolute Gasteiger partial charge is 0.254 e. The zero-order valence-corrected chi connectivity index (χ0v) is 14.2. The van der Waals surface area contributed by atoms with Crippen LogP contribution in [-0.2, 0) is 4.74 Å². The Morgan fingerprint density at radius 1 is 1.36 bits per heavy atom. The molecule has 120 valence electrons. The Bertz CT molecular complexity index is 574. The zero-order valence-electron chi connectivity index (χ0n) is 13.4. The van der Waals surface area contributed by atoms with Crippen molar-refractivity contribution in [2.45, 2.75) is 45.1 Å². The lowest BCUT2D eigenvalue weighted by Crippen LogP contribution is -2.49. The third-order valence-corrected chi connectivity index (χ3v) is 5.91. The fraction of sp³-hybridized carbons (Fsp3) is 0.611. The Morgan fingerprint density at radius 3 is 2.91 bits per heavy atom. The summed E-state index contributed by atoms with van der Waals surface area (Å²) >= 11 is 6.17. The van der Waals surface area contributed by atoms with Crippen molar-refractivity contribution in [3.8, 4) is 0 Å². The van der Waals surface area contributed by atoms with Gasteiger partial charge in [0.05, 0.1) is 6.10 Å². The van der Waals surface area contributed by atoms with Crippen molar-refractivity contribution in [3.05, 3.63) is 34.3 Å². The minimum absolute atomic E-state index is 0.112. The first-order valence-corrected chi connectivity index (χ1v) is 8.52. The van der Waals surface area contributed by atoms with Gasteiger partial charge in [0, 0.05) is 36.2 Å². The van der Waals surface area contributed by atoms with Gasteiger partial charge in [0.15, 0.2) is 0 Å². The molecule has 1 aromatic carbocycles. The van der Waals surface area contributed by atoms with Crippen molar-refractivity contribution in [2.24, 2.45) is 5.41 Å². The van der Waals surface area contributed by atoms with Crippen LogP contribution in [0.2, 0.25) is 5.02 Å². The summed E-state index contributed by atoms with van der Waals surface area (Å²) in [5, 5.41) is 0.660. The maximum absolute atomic E-state index is 12.9. The summed E-state index contributed by atoms with van der Waals surface area (Å²) in [6.45, 7) is 3.57. The first kappa shape index (κ1) is 15.8. The van der Waals surface area contributed by atoms with E-state index in [1.807, 2.05) is 30.0 Å². The Hall–Kier alpha value is -1.06. The van der Waals surface area contributed by atoms with Gasteiger partial charge in [-0.1, -0.05) is 24.1 Å². The molecular formula is C18H24ClNO2. The summed E-state index contributed by atoms with van der Waals surface area (Å²) in [4.78, 5) is 14.9. The number of methoxy groups -OCH3 is 1. The van der Waals surface area contributed by atoms with E-state index in [1.165, 1.54) is 19.3 Å². The summed E-state index contributed by atoms with van der Waals surface area (Å²) in [6.07, 6.45) is 6.02. The van der Waals surface area contributed by atoms with Crippen LogP contribution in [0.15, 0.2) is 18.2 Å². The monoisotopic (exact) mass is 321 g/mol. The molecule has 2 aliphatic rings. The molecule has 3 rings (SSSR count). The SMILES string of the molecule is CO[C@@H]1CCC[C@]12CCCN(C(=O)c1cccc(Cl)c1C)C2. The van der Waals surface area contributed by atoms with Crippen molar-refractivity contribution >= 4 is 17.5 Å². The number of likely N-dealkylation sites (tertiary alicyclic amines) is 1. The molecule has 4 heteroatoms. The van der Waals surface area contributed by atoms with Gasteiger partial charge in [-0.15, -0.1) is 0 Å². The second kappa shape index (κ2) is 6.21. The topological polar surface area (TPSA) is 29.5 Å². The van der Waals surface area contributed by atoms with Crippen LogP contribution in [0, 0.1) is 12.3 Å². The molecule has 2 atom stereocenters. The molecule has 1 saturated carbocycles. The molecule has 1 heterocycles. The van der Waals surface area contributed by atoms with E-state index in [-0.39, 0.29) is 11.3 Å². The molecule has 0 radical (unpaired) electrons. The molecule has 3 nitrogen and oxygen atoms in total. The lowest BCUT2D eigenvalue weighted by molar-refractivity contribution is -0.0295. The molecule has 1 spiro atoms. The first-order chi connectivity index (χ1) is 10.6. The van der Waals surface area contributed by atoms with E-state index < -0.39 is 0 Å². The average molecular weight is 322 g/mol. The van der Waals surface area contributed by atoms with Crippen LogP contribution in [0.5, 0.6) is 0 Å². The molecule has 0 N–H and O–H groups in total. The second-order valence-electron chi connectivity index (χ2n) is 6.72. The molecule has 22 heavy (non-hydrogen) atoms. The molecule has 0 unspecified atom stereocenters. The number of hydrogen-bond acceptors (Lipinski definition) is 2. The summed E-state index contributed by atoms with van der Waals surface area (Å²) in [6, 6.07) is 5.58. The second-order valence-corrected chi connectivity index (χ2v) is 7.13. The quantitative estimate of drug-likeness (QED) is 0.821. The molecular weight excluding hydrogens is 298 g/mol. The summed E-state index contributed by atoms with van der Waals surface area (Å²) in [5.74, 6) is 0.112. The third-order valence-electron chi connectivity index (χ3n) is 5.50. The van der Waals surface area contributed by atoms with Crippen LogP contribution in [0.1, 0.15) is 48.0 Å². The van der Waals surface area contributed by atoms with Crippen molar-refractivity contribution in [1.29, 1.82) is 0 Å². The molecule has 0 bridgehead atoms. The van der Waals surface area contributed by atoms with Crippen LogP contribution >= 0.6 is 11.6 Å². The van der Waals surface area contributed by atoms with Crippen molar-refractivity contribution < 1.29 is 9.53 Å². The molecule has 1 amide bonds. The van der Waals surface area contributed by atoms with Crippen molar-refractivity contribution in [3.63, 3.8) is 0 Å².